The van der Waals surface area contributed by atoms with E-state index in [1.807, 2.05) is 12.3 Å². The molecule has 2 fully saturated rings. The Morgan fingerprint density at radius 3 is 2.86 bits per heavy atom. The van der Waals surface area contributed by atoms with E-state index >= 15 is 0 Å². The van der Waals surface area contributed by atoms with Crippen molar-refractivity contribution in [3.63, 3.8) is 0 Å². The Bertz CT molecular complexity index is 336. The van der Waals surface area contributed by atoms with Gasteiger partial charge in [0.1, 0.15) is 5.15 Å². The van der Waals surface area contributed by atoms with E-state index in [0.29, 0.717) is 11.1 Å². The van der Waals surface area contributed by atoms with E-state index in [1.165, 1.54) is 24.9 Å². The molecule has 74 valence electrons. The Morgan fingerprint density at radius 2 is 2.29 bits per heavy atom. The minimum atomic E-state index is 0.593. The molecular weight excluding hydrogens is 196 g/mol. The molecule has 0 aromatic carbocycles. The Labute approximate surface area is 88.7 Å². The van der Waals surface area contributed by atoms with E-state index in [-0.39, 0.29) is 0 Å². The number of rotatable bonds is 1. The molecule has 1 saturated carbocycles. The standard InChI is InChI=1S/C11H13ClN2/c12-11-2-1-7(5-14-11)10-4-9-3-8(10)6-13-9/h1-2,5,8-10,13H,3-4,6H2/t8-,9-,10-/m0/s1. The molecule has 1 aromatic rings. The maximum atomic E-state index is 5.77. The molecule has 3 atom stereocenters. The number of halogens is 1. The van der Waals surface area contributed by atoms with Crippen LogP contribution in [-0.4, -0.2) is 17.6 Å². The lowest BCUT2D eigenvalue weighted by molar-refractivity contribution is 0.440. The number of nitrogens with zero attached hydrogens (tertiary/aromatic N) is 1. The molecule has 1 aliphatic heterocycles. The van der Waals surface area contributed by atoms with Crippen molar-refractivity contribution in [3.05, 3.63) is 29.0 Å². The average Bonchev–Trinajstić information content (AvgIpc) is 2.80. The molecule has 0 unspecified atom stereocenters. The molecule has 3 rings (SSSR count). The normalized spacial score (nSPS) is 35.1. The molecule has 0 spiro atoms. The Morgan fingerprint density at radius 1 is 1.36 bits per heavy atom. The highest BCUT2D eigenvalue weighted by molar-refractivity contribution is 6.29. The van der Waals surface area contributed by atoms with Crippen LogP contribution in [0.5, 0.6) is 0 Å². The zero-order chi connectivity index (χ0) is 9.54. The first-order valence-electron chi connectivity index (χ1n) is 5.18. The molecule has 1 saturated heterocycles. The minimum absolute atomic E-state index is 0.593. The van der Waals surface area contributed by atoms with Crippen LogP contribution < -0.4 is 5.32 Å². The van der Waals surface area contributed by atoms with E-state index < -0.39 is 0 Å². The van der Waals surface area contributed by atoms with Crippen LogP contribution in [0, 0.1) is 5.92 Å². The van der Waals surface area contributed by atoms with Gasteiger partial charge < -0.3 is 5.32 Å². The van der Waals surface area contributed by atoms with Crippen molar-refractivity contribution in [3.8, 4) is 0 Å². The van der Waals surface area contributed by atoms with Gasteiger partial charge in [-0.3, -0.25) is 0 Å². The topological polar surface area (TPSA) is 24.9 Å². The van der Waals surface area contributed by atoms with Gasteiger partial charge in [-0.05, 0) is 42.9 Å². The summed E-state index contributed by atoms with van der Waals surface area (Å²) in [5.74, 6) is 1.54. The monoisotopic (exact) mass is 208 g/mol. The van der Waals surface area contributed by atoms with Crippen LogP contribution in [0.4, 0.5) is 0 Å². The third kappa shape index (κ3) is 1.33. The predicted molar refractivity (Wildman–Crippen MR) is 56.5 cm³/mol. The lowest BCUT2D eigenvalue weighted by atomic mass is 9.89. The maximum Gasteiger partial charge on any atom is 0.129 e. The summed E-state index contributed by atoms with van der Waals surface area (Å²) < 4.78 is 0. The lowest BCUT2D eigenvalue weighted by Crippen LogP contribution is -2.28. The zero-order valence-electron chi connectivity index (χ0n) is 7.91. The van der Waals surface area contributed by atoms with Gasteiger partial charge in [0.15, 0.2) is 0 Å². The largest absolute Gasteiger partial charge is 0.314 e. The van der Waals surface area contributed by atoms with Crippen LogP contribution >= 0.6 is 11.6 Å². The molecule has 2 aliphatic rings. The number of hydrogen-bond acceptors (Lipinski definition) is 2. The van der Waals surface area contributed by atoms with Gasteiger partial charge >= 0.3 is 0 Å². The van der Waals surface area contributed by atoms with E-state index in [1.54, 1.807) is 0 Å². The fourth-order valence-corrected chi connectivity index (χ4v) is 2.96. The molecule has 2 bridgehead atoms. The van der Waals surface area contributed by atoms with Crippen LogP contribution in [0.15, 0.2) is 18.3 Å². The highest BCUT2D eigenvalue weighted by Gasteiger charge is 2.39. The summed E-state index contributed by atoms with van der Waals surface area (Å²) in [4.78, 5) is 4.15. The molecule has 0 amide bonds. The Kier molecular flexibility index (Phi) is 1.99. The van der Waals surface area contributed by atoms with E-state index in [2.05, 4.69) is 16.4 Å². The lowest BCUT2D eigenvalue weighted by Gasteiger charge is -2.22. The minimum Gasteiger partial charge on any atom is -0.314 e. The first kappa shape index (κ1) is 8.69. The van der Waals surface area contributed by atoms with Crippen molar-refractivity contribution in [2.24, 2.45) is 5.92 Å². The van der Waals surface area contributed by atoms with Crippen LogP contribution in [0.25, 0.3) is 0 Å². The summed E-state index contributed by atoms with van der Waals surface area (Å²) in [6.07, 6.45) is 4.55. The average molecular weight is 209 g/mol. The van der Waals surface area contributed by atoms with Gasteiger partial charge in [0.2, 0.25) is 0 Å². The molecule has 1 aliphatic carbocycles. The molecule has 1 N–H and O–H groups in total. The predicted octanol–water partition coefficient (Wildman–Crippen LogP) is 2.20. The quantitative estimate of drug-likeness (QED) is 0.716. The zero-order valence-corrected chi connectivity index (χ0v) is 8.67. The number of piperidine rings is 1. The first-order chi connectivity index (χ1) is 6.83. The van der Waals surface area contributed by atoms with Gasteiger partial charge in [-0.1, -0.05) is 17.7 Å². The van der Waals surface area contributed by atoms with E-state index in [4.69, 9.17) is 11.6 Å². The van der Waals surface area contributed by atoms with Crippen molar-refractivity contribution in [2.45, 2.75) is 24.8 Å². The van der Waals surface area contributed by atoms with Gasteiger partial charge in [-0.25, -0.2) is 4.98 Å². The summed E-state index contributed by atoms with van der Waals surface area (Å²) in [6, 6.07) is 4.78. The third-order valence-corrected chi connectivity index (χ3v) is 3.77. The van der Waals surface area contributed by atoms with Crippen molar-refractivity contribution in [1.29, 1.82) is 0 Å². The molecular formula is C11H13ClN2. The number of fused-ring (bicyclic) bond motifs is 2. The molecule has 0 radical (unpaired) electrons. The molecule has 2 nitrogen and oxygen atoms in total. The molecule has 14 heavy (non-hydrogen) atoms. The van der Waals surface area contributed by atoms with E-state index in [0.717, 1.165) is 12.0 Å². The summed E-state index contributed by atoms with van der Waals surface area (Å²) in [6.45, 7) is 1.18. The number of pyridine rings is 1. The third-order valence-electron chi connectivity index (χ3n) is 3.54. The van der Waals surface area contributed by atoms with Crippen molar-refractivity contribution < 1.29 is 0 Å². The Balaban J connectivity index is 1.86. The van der Waals surface area contributed by atoms with Crippen LogP contribution in [0.3, 0.4) is 0 Å². The van der Waals surface area contributed by atoms with Crippen molar-refractivity contribution >= 4 is 11.6 Å². The van der Waals surface area contributed by atoms with Crippen molar-refractivity contribution in [2.75, 3.05) is 6.54 Å². The second-order valence-corrected chi connectivity index (χ2v) is 4.74. The maximum absolute atomic E-state index is 5.77. The van der Waals surface area contributed by atoms with Gasteiger partial charge in [-0.15, -0.1) is 0 Å². The SMILES string of the molecule is Clc1ccc([C@@H]2C[C@@H]3C[C@H]2CN3)cn1. The molecule has 3 heteroatoms. The number of hydrogen-bond donors (Lipinski definition) is 1. The first-order valence-corrected chi connectivity index (χ1v) is 5.55. The molecule has 2 heterocycles. The van der Waals surface area contributed by atoms with Crippen LogP contribution in [0.1, 0.15) is 24.3 Å². The fourth-order valence-electron chi connectivity index (χ4n) is 2.85. The van der Waals surface area contributed by atoms with Crippen LogP contribution in [0.2, 0.25) is 5.15 Å². The van der Waals surface area contributed by atoms with Gasteiger partial charge in [0, 0.05) is 12.2 Å². The smallest absolute Gasteiger partial charge is 0.129 e. The highest BCUT2D eigenvalue weighted by Crippen LogP contribution is 2.42. The Hall–Kier alpha value is -0.600. The fraction of sp³-hybridized carbons (Fsp3) is 0.545. The summed E-state index contributed by atoms with van der Waals surface area (Å²) in [7, 11) is 0. The number of aromatic nitrogens is 1. The number of nitrogens with one attached hydrogen (secondary N) is 1. The van der Waals surface area contributed by atoms with Crippen LogP contribution in [-0.2, 0) is 0 Å². The summed E-state index contributed by atoms with van der Waals surface area (Å²) >= 11 is 5.77. The van der Waals surface area contributed by atoms with E-state index in [9.17, 15) is 0 Å². The highest BCUT2D eigenvalue weighted by atomic mass is 35.5. The second kappa shape index (κ2) is 3.21. The van der Waals surface area contributed by atoms with Gasteiger partial charge in [0.05, 0.1) is 0 Å². The second-order valence-electron chi connectivity index (χ2n) is 4.36. The van der Waals surface area contributed by atoms with Gasteiger partial charge in [-0.2, -0.15) is 0 Å². The molecule has 1 aromatic heterocycles. The van der Waals surface area contributed by atoms with Gasteiger partial charge in [0.25, 0.3) is 0 Å². The summed E-state index contributed by atoms with van der Waals surface area (Å²) in [5, 5.41) is 4.11. The van der Waals surface area contributed by atoms with Crippen molar-refractivity contribution in [1.82, 2.24) is 10.3 Å². The summed E-state index contributed by atoms with van der Waals surface area (Å²) in [5.41, 5.74) is 1.36.